The lowest BCUT2D eigenvalue weighted by atomic mass is 10.1. The molecule has 152 valence electrons. The molecule has 0 saturated carbocycles. The van der Waals surface area contributed by atoms with E-state index in [0.29, 0.717) is 27.7 Å². The van der Waals surface area contributed by atoms with Crippen molar-refractivity contribution in [1.29, 1.82) is 0 Å². The molecule has 0 spiro atoms. The van der Waals surface area contributed by atoms with Crippen LogP contribution < -0.4 is 0 Å². The molecule has 0 unspecified atom stereocenters. The van der Waals surface area contributed by atoms with Crippen molar-refractivity contribution in [2.75, 3.05) is 6.61 Å². The van der Waals surface area contributed by atoms with Gasteiger partial charge in [0, 0.05) is 29.3 Å². The standard InChI is InChI=1S/C21H22N2O6/c1-4-29-21(26)20-13(3)22(17-10-16(24)9-12(2)19(17)20)11-18(25)14-5-7-15(8-6-14)23(27)28/h5-10,18,24-25H,4,11H2,1-3H3/t18-/m1/s1. The highest BCUT2D eigenvalue weighted by molar-refractivity contribution is 6.07. The number of esters is 1. The Balaban J connectivity index is 2.07. The van der Waals surface area contributed by atoms with Gasteiger partial charge in [0.2, 0.25) is 0 Å². The molecule has 2 N–H and O–H groups in total. The predicted octanol–water partition coefficient (Wildman–Crippen LogP) is 3.78. The summed E-state index contributed by atoms with van der Waals surface area (Å²) >= 11 is 0. The van der Waals surface area contributed by atoms with E-state index in [1.165, 1.54) is 24.3 Å². The molecule has 0 amide bonds. The summed E-state index contributed by atoms with van der Waals surface area (Å²) in [5.41, 5.74) is 2.77. The first-order valence-corrected chi connectivity index (χ1v) is 9.16. The fraction of sp³-hybridized carbons (Fsp3) is 0.286. The number of aromatic hydroxyl groups is 1. The zero-order valence-electron chi connectivity index (χ0n) is 16.4. The van der Waals surface area contributed by atoms with Gasteiger partial charge in [0.05, 0.1) is 35.3 Å². The summed E-state index contributed by atoms with van der Waals surface area (Å²) < 4.78 is 6.95. The number of nitrogens with zero attached hydrogens (tertiary/aromatic N) is 2. The van der Waals surface area contributed by atoms with Crippen molar-refractivity contribution in [3.8, 4) is 5.75 Å². The summed E-state index contributed by atoms with van der Waals surface area (Å²) in [6.07, 6.45) is -0.970. The lowest BCUT2D eigenvalue weighted by Gasteiger charge is -2.15. The van der Waals surface area contributed by atoms with Crippen molar-refractivity contribution < 1.29 is 24.7 Å². The molecule has 8 nitrogen and oxygen atoms in total. The third kappa shape index (κ3) is 3.79. The summed E-state index contributed by atoms with van der Waals surface area (Å²) in [6.45, 7) is 5.60. The summed E-state index contributed by atoms with van der Waals surface area (Å²) in [4.78, 5) is 22.9. The summed E-state index contributed by atoms with van der Waals surface area (Å²) in [6, 6.07) is 8.78. The molecule has 2 aromatic carbocycles. The summed E-state index contributed by atoms with van der Waals surface area (Å²) in [5, 5.41) is 32.2. The first kappa shape index (κ1) is 20.3. The fourth-order valence-corrected chi connectivity index (χ4v) is 3.57. The molecule has 0 aliphatic heterocycles. The second-order valence-corrected chi connectivity index (χ2v) is 6.81. The first-order chi connectivity index (χ1) is 13.7. The monoisotopic (exact) mass is 398 g/mol. The maximum atomic E-state index is 12.6. The Hall–Kier alpha value is -3.39. The number of non-ortho nitro benzene ring substituents is 1. The molecule has 0 bridgehead atoms. The predicted molar refractivity (Wildman–Crippen MR) is 107 cm³/mol. The number of aromatic nitrogens is 1. The number of rotatable bonds is 6. The number of aliphatic hydroxyl groups excluding tert-OH is 1. The number of hydrogen-bond donors (Lipinski definition) is 2. The van der Waals surface area contributed by atoms with E-state index in [0.717, 1.165) is 5.56 Å². The maximum Gasteiger partial charge on any atom is 0.340 e. The smallest absolute Gasteiger partial charge is 0.340 e. The van der Waals surface area contributed by atoms with E-state index in [-0.39, 0.29) is 24.6 Å². The SMILES string of the molecule is CCOC(=O)c1c(C)n(C[C@@H](O)c2ccc([N+](=O)[O-])cc2)c2cc(O)cc(C)c12. The zero-order chi connectivity index (χ0) is 21.3. The number of carbonyl (C=O) groups is 1. The van der Waals surface area contributed by atoms with Gasteiger partial charge in [-0.25, -0.2) is 4.79 Å². The van der Waals surface area contributed by atoms with Gasteiger partial charge in [-0.05, 0) is 50.1 Å². The molecule has 0 saturated heterocycles. The van der Waals surface area contributed by atoms with Gasteiger partial charge in [0.25, 0.3) is 5.69 Å². The number of aryl methyl sites for hydroxylation is 1. The van der Waals surface area contributed by atoms with E-state index in [1.807, 2.05) is 0 Å². The molecule has 3 aromatic rings. The van der Waals surface area contributed by atoms with Crippen molar-refractivity contribution in [2.45, 2.75) is 33.4 Å². The van der Waals surface area contributed by atoms with E-state index >= 15 is 0 Å². The maximum absolute atomic E-state index is 12.6. The van der Waals surface area contributed by atoms with Crippen LogP contribution in [-0.2, 0) is 11.3 Å². The van der Waals surface area contributed by atoms with Gasteiger partial charge in [0.1, 0.15) is 5.75 Å². The van der Waals surface area contributed by atoms with Gasteiger partial charge < -0.3 is 19.5 Å². The van der Waals surface area contributed by atoms with E-state index in [9.17, 15) is 25.1 Å². The number of fused-ring (bicyclic) bond motifs is 1. The Labute approximate surface area is 167 Å². The number of ether oxygens (including phenoxy) is 1. The van der Waals surface area contributed by atoms with Crippen molar-refractivity contribution in [3.05, 3.63) is 68.9 Å². The molecule has 29 heavy (non-hydrogen) atoms. The second kappa shape index (κ2) is 7.92. The molecule has 0 radical (unpaired) electrons. The van der Waals surface area contributed by atoms with Gasteiger partial charge in [0.15, 0.2) is 0 Å². The van der Waals surface area contributed by atoms with Gasteiger partial charge in [-0.3, -0.25) is 10.1 Å². The Morgan fingerprint density at radius 3 is 2.48 bits per heavy atom. The quantitative estimate of drug-likeness (QED) is 0.371. The molecule has 1 atom stereocenters. The van der Waals surface area contributed by atoms with Gasteiger partial charge in [-0.15, -0.1) is 0 Å². The largest absolute Gasteiger partial charge is 0.508 e. The van der Waals surface area contributed by atoms with Gasteiger partial charge in [-0.2, -0.15) is 0 Å². The number of phenolic OH excluding ortho intramolecular Hbond substituents is 1. The normalized spacial score (nSPS) is 12.1. The summed E-state index contributed by atoms with van der Waals surface area (Å²) in [7, 11) is 0. The minimum absolute atomic E-state index is 0.0500. The van der Waals surface area contributed by atoms with E-state index < -0.39 is 17.0 Å². The fourth-order valence-electron chi connectivity index (χ4n) is 3.57. The average Bonchev–Trinajstić information content (AvgIpc) is 2.94. The lowest BCUT2D eigenvalue weighted by Crippen LogP contribution is -2.12. The molecular formula is C21H22N2O6. The van der Waals surface area contributed by atoms with Gasteiger partial charge >= 0.3 is 5.97 Å². The van der Waals surface area contributed by atoms with E-state index in [4.69, 9.17) is 4.74 Å². The number of nitro groups is 1. The van der Waals surface area contributed by atoms with E-state index in [1.54, 1.807) is 37.5 Å². The highest BCUT2D eigenvalue weighted by Gasteiger charge is 2.24. The van der Waals surface area contributed by atoms with Crippen LogP contribution in [0.3, 0.4) is 0 Å². The zero-order valence-corrected chi connectivity index (χ0v) is 16.4. The number of benzene rings is 2. The van der Waals surface area contributed by atoms with Crippen LogP contribution in [0.25, 0.3) is 10.9 Å². The Morgan fingerprint density at radius 2 is 1.90 bits per heavy atom. The first-order valence-electron chi connectivity index (χ1n) is 9.16. The number of nitro benzene ring substituents is 1. The van der Waals surface area contributed by atoms with Gasteiger partial charge in [-0.1, -0.05) is 0 Å². The molecule has 0 fully saturated rings. The van der Waals surface area contributed by atoms with Crippen LogP contribution in [0.1, 0.15) is 40.2 Å². The van der Waals surface area contributed by atoms with Crippen molar-refractivity contribution in [1.82, 2.24) is 4.57 Å². The third-order valence-corrected chi connectivity index (χ3v) is 4.93. The number of carbonyl (C=O) groups excluding carboxylic acids is 1. The second-order valence-electron chi connectivity index (χ2n) is 6.81. The van der Waals surface area contributed by atoms with Crippen LogP contribution in [0.4, 0.5) is 5.69 Å². The summed E-state index contributed by atoms with van der Waals surface area (Å²) in [5.74, 6) is -0.415. The highest BCUT2D eigenvalue weighted by atomic mass is 16.6. The van der Waals surface area contributed by atoms with Crippen LogP contribution >= 0.6 is 0 Å². The molecular weight excluding hydrogens is 376 g/mol. The molecule has 3 rings (SSSR count). The molecule has 1 heterocycles. The highest BCUT2D eigenvalue weighted by Crippen LogP contribution is 2.34. The molecule has 8 heteroatoms. The minimum atomic E-state index is -0.970. The number of aliphatic hydroxyl groups is 1. The lowest BCUT2D eigenvalue weighted by molar-refractivity contribution is -0.384. The van der Waals surface area contributed by atoms with Crippen LogP contribution in [0.2, 0.25) is 0 Å². The molecule has 0 aliphatic rings. The Kier molecular flexibility index (Phi) is 5.56. The van der Waals surface area contributed by atoms with Crippen molar-refractivity contribution in [3.63, 3.8) is 0 Å². The third-order valence-electron chi connectivity index (χ3n) is 4.93. The van der Waals surface area contributed by atoms with Crippen LogP contribution in [0, 0.1) is 24.0 Å². The Morgan fingerprint density at radius 1 is 1.24 bits per heavy atom. The van der Waals surface area contributed by atoms with Crippen molar-refractivity contribution >= 4 is 22.6 Å². The number of hydrogen-bond acceptors (Lipinski definition) is 6. The minimum Gasteiger partial charge on any atom is -0.508 e. The Bertz CT molecular complexity index is 1080. The van der Waals surface area contributed by atoms with E-state index in [2.05, 4.69) is 0 Å². The van der Waals surface area contributed by atoms with Crippen molar-refractivity contribution in [2.24, 2.45) is 0 Å². The molecule has 0 aliphatic carbocycles. The van der Waals surface area contributed by atoms with Crippen LogP contribution in [0.5, 0.6) is 5.75 Å². The molecule has 1 aromatic heterocycles. The van der Waals surface area contributed by atoms with Crippen LogP contribution in [-0.4, -0.2) is 32.3 Å². The topological polar surface area (TPSA) is 115 Å². The average molecular weight is 398 g/mol. The van der Waals surface area contributed by atoms with Crippen LogP contribution in [0.15, 0.2) is 36.4 Å². The number of phenols is 1.